The minimum atomic E-state index is -5.49. The third-order valence-electron chi connectivity index (χ3n) is 2.70. The number of aliphatic hydroxyl groups is 1. The fraction of sp³-hybridized carbons (Fsp3) is 1.00. The van der Waals surface area contributed by atoms with Crippen LogP contribution in [0.1, 0.15) is 26.7 Å². The summed E-state index contributed by atoms with van der Waals surface area (Å²) in [7, 11) is 0. The van der Waals surface area contributed by atoms with Crippen LogP contribution in [-0.2, 0) is 4.74 Å². The first-order valence-corrected chi connectivity index (χ1v) is 6.07. The Labute approximate surface area is 113 Å². The summed E-state index contributed by atoms with van der Waals surface area (Å²) in [6.07, 6.45) is -14.6. The van der Waals surface area contributed by atoms with Crippen LogP contribution in [0.4, 0.5) is 26.3 Å². The van der Waals surface area contributed by atoms with E-state index in [9.17, 15) is 26.3 Å². The van der Waals surface area contributed by atoms with Crippen molar-refractivity contribution in [1.29, 1.82) is 0 Å². The predicted molar refractivity (Wildman–Crippen MR) is 60.3 cm³/mol. The molecule has 1 unspecified atom stereocenters. The van der Waals surface area contributed by atoms with E-state index in [1.807, 2.05) is 0 Å². The van der Waals surface area contributed by atoms with Crippen molar-refractivity contribution in [3.63, 3.8) is 0 Å². The fourth-order valence-electron chi connectivity index (χ4n) is 1.69. The number of likely N-dealkylation sites (N-methyl/N-ethyl adjacent to an activating group) is 1. The Hall–Kier alpha value is -0.540. The molecule has 0 aliphatic carbocycles. The van der Waals surface area contributed by atoms with Crippen LogP contribution in [0.5, 0.6) is 0 Å². The Balaban J connectivity index is 4.33. The van der Waals surface area contributed by atoms with Gasteiger partial charge in [0.05, 0.1) is 6.61 Å². The Morgan fingerprint density at radius 3 is 1.95 bits per heavy atom. The van der Waals surface area contributed by atoms with Crippen molar-refractivity contribution in [2.75, 3.05) is 19.8 Å². The molecule has 0 fully saturated rings. The van der Waals surface area contributed by atoms with E-state index in [4.69, 9.17) is 5.11 Å². The average molecular weight is 311 g/mol. The highest BCUT2D eigenvalue weighted by Crippen LogP contribution is 2.35. The third kappa shape index (κ3) is 6.76. The quantitative estimate of drug-likeness (QED) is 0.535. The van der Waals surface area contributed by atoms with Crippen LogP contribution in [0, 0.1) is 0 Å². The highest BCUT2D eigenvalue weighted by atomic mass is 19.4. The van der Waals surface area contributed by atoms with Crippen LogP contribution in [0.15, 0.2) is 0 Å². The minimum Gasteiger partial charge on any atom is -0.394 e. The molecule has 20 heavy (non-hydrogen) atoms. The van der Waals surface area contributed by atoms with E-state index < -0.39 is 30.6 Å². The van der Waals surface area contributed by atoms with Crippen LogP contribution >= 0.6 is 0 Å². The first-order valence-electron chi connectivity index (χ1n) is 6.07. The van der Waals surface area contributed by atoms with Gasteiger partial charge >= 0.3 is 12.4 Å². The first kappa shape index (κ1) is 19.5. The summed E-state index contributed by atoms with van der Waals surface area (Å²) in [6, 6.07) is 0. The van der Waals surface area contributed by atoms with E-state index in [1.54, 1.807) is 13.8 Å². The Bertz CT molecular complexity index is 267. The SMILES string of the molecule is CCNC(C)(CO)CCCOC(C(F)(F)F)C(F)(F)F. The molecule has 0 rings (SSSR count). The van der Waals surface area contributed by atoms with Crippen molar-refractivity contribution in [2.45, 2.75) is 50.7 Å². The monoisotopic (exact) mass is 311 g/mol. The number of alkyl halides is 6. The zero-order valence-corrected chi connectivity index (χ0v) is 11.2. The van der Waals surface area contributed by atoms with Gasteiger partial charge in [-0.25, -0.2) is 0 Å². The third-order valence-corrected chi connectivity index (χ3v) is 2.70. The van der Waals surface area contributed by atoms with Gasteiger partial charge in [-0.15, -0.1) is 0 Å². The fourth-order valence-corrected chi connectivity index (χ4v) is 1.69. The van der Waals surface area contributed by atoms with Crippen LogP contribution in [0.2, 0.25) is 0 Å². The predicted octanol–water partition coefficient (Wildman–Crippen LogP) is 2.64. The molecule has 0 aromatic rings. The average Bonchev–Trinajstić information content (AvgIpc) is 2.25. The van der Waals surface area contributed by atoms with Gasteiger partial charge in [-0.05, 0) is 26.3 Å². The maximum atomic E-state index is 12.2. The lowest BCUT2D eigenvalue weighted by Gasteiger charge is -2.29. The molecule has 0 aromatic heterocycles. The van der Waals surface area contributed by atoms with E-state index in [0.29, 0.717) is 6.54 Å². The van der Waals surface area contributed by atoms with E-state index in [-0.39, 0.29) is 19.4 Å². The summed E-state index contributed by atoms with van der Waals surface area (Å²) < 4.78 is 76.9. The highest BCUT2D eigenvalue weighted by Gasteiger charge is 2.57. The van der Waals surface area contributed by atoms with Gasteiger partial charge in [-0.2, -0.15) is 26.3 Å². The molecule has 0 heterocycles. The summed E-state index contributed by atoms with van der Waals surface area (Å²) in [4.78, 5) is 0. The lowest BCUT2D eigenvalue weighted by Crippen LogP contribution is -2.46. The molecule has 0 aliphatic heterocycles. The van der Waals surface area contributed by atoms with Crippen LogP contribution < -0.4 is 5.32 Å². The molecule has 0 amide bonds. The molecule has 3 nitrogen and oxygen atoms in total. The zero-order chi connectivity index (χ0) is 16.0. The number of aliphatic hydroxyl groups excluding tert-OH is 1. The smallest absolute Gasteiger partial charge is 0.394 e. The van der Waals surface area contributed by atoms with Gasteiger partial charge in [-0.1, -0.05) is 6.92 Å². The van der Waals surface area contributed by atoms with Crippen molar-refractivity contribution in [3.05, 3.63) is 0 Å². The molecule has 0 saturated heterocycles. The molecular weight excluding hydrogens is 292 g/mol. The Kier molecular flexibility index (Phi) is 7.26. The van der Waals surface area contributed by atoms with Crippen molar-refractivity contribution < 1.29 is 36.2 Å². The van der Waals surface area contributed by atoms with Gasteiger partial charge in [0, 0.05) is 12.1 Å². The number of hydrogen-bond donors (Lipinski definition) is 2. The first-order chi connectivity index (χ1) is 8.96. The number of rotatable bonds is 8. The number of nitrogens with one attached hydrogen (secondary N) is 1. The van der Waals surface area contributed by atoms with Crippen molar-refractivity contribution in [3.8, 4) is 0 Å². The van der Waals surface area contributed by atoms with Crippen molar-refractivity contribution >= 4 is 0 Å². The molecular formula is C11H19F6NO2. The molecule has 0 aliphatic rings. The van der Waals surface area contributed by atoms with Gasteiger partial charge in [0.25, 0.3) is 0 Å². The maximum absolute atomic E-state index is 12.2. The lowest BCUT2D eigenvalue weighted by molar-refractivity contribution is -0.321. The second-order valence-electron chi connectivity index (χ2n) is 4.69. The standard InChI is InChI=1S/C11H19F6NO2/c1-3-18-9(2,7-19)5-4-6-20-8(10(12,13)14)11(15,16)17/h8,18-19H,3-7H2,1-2H3. The molecule has 0 saturated carbocycles. The highest BCUT2D eigenvalue weighted by molar-refractivity contribution is 4.82. The topological polar surface area (TPSA) is 41.5 Å². The summed E-state index contributed by atoms with van der Waals surface area (Å²) in [5, 5.41) is 12.0. The number of ether oxygens (including phenoxy) is 1. The van der Waals surface area contributed by atoms with E-state index in [0.717, 1.165) is 0 Å². The second-order valence-corrected chi connectivity index (χ2v) is 4.69. The molecule has 1 atom stereocenters. The van der Waals surface area contributed by atoms with Gasteiger partial charge in [-0.3, -0.25) is 0 Å². The molecule has 122 valence electrons. The van der Waals surface area contributed by atoms with Crippen molar-refractivity contribution in [2.24, 2.45) is 0 Å². The van der Waals surface area contributed by atoms with Crippen LogP contribution in [-0.4, -0.2) is 48.9 Å². The zero-order valence-electron chi connectivity index (χ0n) is 11.2. The number of hydrogen-bond acceptors (Lipinski definition) is 3. The molecule has 2 N–H and O–H groups in total. The summed E-state index contributed by atoms with van der Waals surface area (Å²) in [5.74, 6) is 0. The number of halogens is 6. The second kappa shape index (κ2) is 7.46. The largest absolute Gasteiger partial charge is 0.423 e. The van der Waals surface area contributed by atoms with E-state index in [1.165, 1.54) is 0 Å². The molecule has 0 bridgehead atoms. The Morgan fingerprint density at radius 1 is 1.10 bits per heavy atom. The summed E-state index contributed by atoms with van der Waals surface area (Å²) >= 11 is 0. The summed E-state index contributed by atoms with van der Waals surface area (Å²) in [6.45, 7) is 2.95. The lowest BCUT2D eigenvalue weighted by atomic mass is 9.97. The van der Waals surface area contributed by atoms with E-state index >= 15 is 0 Å². The molecule has 0 aromatic carbocycles. The maximum Gasteiger partial charge on any atom is 0.423 e. The van der Waals surface area contributed by atoms with E-state index in [2.05, 4.69) is 10.1 Å². The van der Waals surface area contributed by atoms with Gasteiger partial charge in [0.1, 0.15) is 0 Å². The van der Waals surface area contributed by atoms with Gasteiger partial charge in [0.15, 0.2) is 0 Å². The molecule has 0 spiro atoms. The normalized spacial score (nSPS) is 16.5. The van der Waals surface area contributed by atoms with Crippen LogP contribution in [0.3, 0.4) is 0 Å². The Morgan fingerprint density at radius 2 is 1.60 bits per heavy atom. The minimum absolute atomic E-state index is 0.0350. The molecule has 0 radical (unpaired) electrons. The van der Waals surface area contributed by atoms with Gasteiger partial charge in [0.2, 0.25) is 6.10 Å². The molecule has 9 heteroatoms. The van der Waals surface area contributed by atoms with Crippen LogP contribution in [0.25, 0.3) is 0 Å². The van der Waals surface area contributed by atoms with Crippen molar-refractivity contribution in [1.82, 2.24) is 5.32 Å². The van der Waals surface area contributed by atoms with Gasteiger partial charge < -0.3 is 15.2 Å². The summed E-state index contributed by atoms with van der Waals surface area (Å²) in [5.41, 5.74) is -0.746.